The van der Waals surface area contributed by atoms with Crippen LogP contribution in [0, 0.1) is 5.92 Å². The summed E-state index contributed by atoms with van der Waals surface area (Å²) in [5.74, 6) is -0.320. The van der Waals surface area contributed by atoms with Crippen LogP contribution in [-0.4, -0.2) is 57.8 Å². The van der Waals surface area contributed by atoms with E-state index >= 15 is 0 Å². The fraction of sp³-hybridized carbons (Fsp3) is 0.259. The number of nitrogens with one attached hydrogen (secondary N) is 1. The molecule has 3 heterocycles. The zero-order chi connectivity index (χ0) is 24.2. The quantitative estimate of drug-likeness (QED) is 0.483. The average Bonchev–Trinajstić information content (AvgIpc) is 3.18. The van der Waals surface area contributed by atoms with Crippen molar-refractivity contribution < 1.29 is 14.3 Å². The molecular weight excluding hydrogens is 442 g/mol. The van der Waals surface area contributed by atoms with Gasteiger partial charge in [0.15, 0.2) is 5.69 Å². The number of hydrogen-bond acceptors (Lipinski definition) is 5. The van der Waals surface area contributed by atoms with Crippen LogP contribution in [0.1, 0.15) is 26.4 Å². The third-order valence-corrected chi connectivity index (χ3v) is 6.17. The summed E-state index contributed by atoms with van der Waals surface area (Å²) in [5.41, 5.74) is 3.38. The summed E-state index contributed by atoms with van der Waals surface area (Å²) in [5, 5.41) is 8.09. The van der Waals surface area contributed by atoms with Crippen LogP contribution in [0.5, 0.6) is 0 Å². The number of ether oxygens (including phenoxy) is 1. The number of nitrogens with zero attached hydrogens (tertiary/aromatic N) is 4. The van der Waals surface area contributed by atoms with Gasteiger partial charge < -0.3 is 15.0 Å². The predicted molar refractivity (Wildman–Crippen MR) is 133 cm³/mol. The van der Waals surface area contributed by atoms with Gasteiger partial charge in [0.1, 0.15) is 0 Å². The number of carbonyl (C=O) groups excluding carboxylic acids is 2. The highest BCUT2D eigenvalue weighted by Gasteiger charge is 2.26. The molecule has 1 fully saturated rings. The van der Waals surface area contributed by atoms with Gasteiger partial charge in [0, 0.05) is 43.8 Å². The minimum absolute atomic E-state index is 0.125. The molecule has 8 nitrogen and oxygen atoms in total. The molecule has 1 aliphatic rings. The lowest BCUT2D eigenvalue weighted by molar-refractivity contribution is 0.0738. The lowest BCUT2D eigenvalue weighted by Crippen LogP contribution is -2.37. The molecule has 178 valence electrons. The minimum atomic E-state index is -0.353. The van der Waals surface area contributed by atoms with Crippen LogP contribution < -0.4 is 5.32 Å². The lowest BCUT2D eigenvalue weighted by atomic mass is 9.98. The Balaban J connectivity index is 1.31. The van der Waals surface area contributed by atoms with Crippen molar-refractivity contribution >= 4 is 28.4 Å². The van der Waals surface area contributed by atoms with E-state index in [-0.39, 0.29) is 17.7 Å². The van der Waals surface area contributed by atoms with E-state index in [0.29, 0.717) is 43.2 Å². The molecule has 1 atom stereocenters. The number of carbonyl (C=O) groups is 2. The summed E-state index contributed by atoms with van der Waals surface area (Å²) in [6, 6.07) is 19.0. The van der Waals surface area contributed by atoms with E-state index in [0.717, 1.165) is 17.3 Å². The van der Waals surface area contributed by atoms with Crippen molar-refractivity contribution in [3.05, 3.63) is 89.9 Å². The Labute approximate surface area is 203 Å². The van der Waals surface area contributed by atoms with Gasteiger partial charge in [0.2, 0.25) is 0 Å². The number of fused-ring (bicyclic) bond motifs is 1. The van der Waals surface area contributed by atoms with Gasteiger partial charge >= 0.3 is 0 Å². The number of benzene rings is 2. The fourth-order valence-corrected chi connectivity index (χ4v) is 4.45. The Kier molecular flexibility index (Phi) is 6.54. The van der Waals surface area contributed by atoms with Gasteiger partial charge in [-0.1, -0.05) is 24.3 Å². The molecule has 4 aromatic rings. The van der Waals surface area contributed by atoms with Crippen LogP contribution in [-0.2, 0) is 18.2 Å². The monoisotopic (exact) mass is 469 g/mol. The highest BCUT2D eigenvalue weighted by atomic mass is 16.5. The van der Waals surface area contributed by atoms with Crippen molar-refractivity contribution in [2.45, 2.75) is 6.42 Å². The number of aromatic nitrogens is 3. The van der Waals surface area contributed by atoms with Gasteiger partial charge in [-0.2, -0.15) is 5.10 Å². The molecule has 0 spiro atoms. The van der Waals surface area contributed by atoms with Gasteiger partial charge in [-0.25, -0.2) is 0 Å². The van der Waals surface area contributed by atoms with Crippen molar-refractivity contribution in [3.8, 4) is 0 Å². The lowest BCUT2D eigenvalue weighted by Gasteiger charge is -2.25. The first-order valence-corrected chi connectivity index (χ1v) is 11.7. The maximum absolute atomic E-state index is 13.6. The molecule has 8 heteroatoms. The van der Waals surface area contributed by atoms with Crippen molar-refractivity contribution in [2.75, 3.05) is 31.6 Å². The standard InChI is InChI=1S/C27H27N5O3/c1-31-12-10-25(30-31)26(33)29-24-7-3-2-6-22(24)27(34)32-13-14-35-18-20(17-32)15-19-8-9-23-21(16-19)5-4-11-28-23/h2-12,16,20H,13-15,17-18H2,1H3,(H,29,33). The zero-order valence-corrected chi connectivity index (χ0v) is 19.6. The van der Waals surface area contributed by atoms with Gasteiger partial charge in [-0.15, -0.1) is 0 Å². The van der Waals surface area contributed by atoms with Gasteiger partial charge in [0.05, 0.1) is 30.0 Å². The number of pyridine rings is 1. The van der Waals surface area contributed by atoms with Crippen LogP contribution in [0.3, 0.4) is 0 Å². The molecule has 1 saturated heterocycles. The normalized spacial score (nSPS) is 16.1. The predicted octanol–water partition coefficient (Wildman–Crippen LogP) is 3.55. The molecule has 1 N–H and O–H groups in total. The molecule has 0 radical (unpaired) electrons. The Morgan fingerprint density at radius 1 is 1.11 bits per heavy atom. The molecule has 2 amide bonds. The SMILES string of the molecule is Cn1ccc(C(=O)Nc2ccccc2C(=O)N2CCOCC(Cc3ccc4ncccc4c3)C2)n1. The second-order valence-corrected chi connectivity index (χ2v) is 8.80. The topological polar surface area (TPSA) is 89.4 Å². The van der Waals surface area contributed by atoms with Gasteiger partial charge in [0.25, 0.3) is 11.8 Å². The molecule has 0 bridgehead atoms. The number of rotatable bonds is 5. The van der Waals surface area contributed by atoms with Crippen LogP contribution in [0.4, 0.5) is 5.69 Å². The van der Waals surface area contributed by atoms with E-state index in [1.165, 1.54) is 5.56 Å². The number of hydrogen-bond donors (Lipinski definition) is 1. The third-order valence-electron chi connectivity index (χ3n) is 6.17. The van der Waals surface area contributed by atoms with E-state index in [9.17, 15) is 9.59 Å². The van der Waals surface area contributed by atoms with Crippen molar-refractivity contribution in [1.29, 1.82) is 0 Å². The van der Waals surface area contributed by atoms with Crippen LogP contribution in [0.2, 0.25) is 0 Å². The second kappa shape index (κ2) is 10.1. The summed E-state index contributed by atoms with van der Waals surface area (Å²) >= 11 is 0. The first-order chi connectivity index (χ1) is 17.1. The Hall–Kier alpha value is -4.04. The Morgan fingerprint density at radius 3 is 2.86 bits per heavy atom. The summed E-state index contributed by atoms with van der Waals surface area (Å²) < 4.78 is 7.42. The van der Waals surface area contributed by atoms with E-state index in [4.69, 9.17) is 4.74 Å². The molecule has 2 aromatic heterocycles. The highest BCUT2D eigenvalue weighted by molar-refractivity contribution is 6.08. The highest BCUT2D eigenvalue weighted by Crippen LogP contribution is 2.22. The first-order valence-electron chi connectivity index (χ1n) is 11.7. The number of anilines is 1. The zero-order valence-electron chi connectivity index (χ0n) is 19.6. The molecule has 5 rings (SSSR count). The second-order valence-electron chi connectivity index (χ2n) is 8.80. The number of aryl methyl sites for hydroxylation is 1. The maximum atomic E-state index is 13.6. The summed E-state index contributed by atoms with van der Waals surface area (Å²) in [4.78, 5) is 32.4. The van der Waals surface area contributed by atoms with Crippen molar-refractivity contribution in [3.63, 3.8) is 0 Å². The van der Waals surface area contributed by atoms with Crippen molar-refractivity contribution in [2.24, 2.45) is 13.0 Å². The molecule has 1 unspecified atom stereocenters. The largest absolute Gasteiger partial charge is 0.379 e. The number of amides is 2. The van der Waals surface area contributed by atoms with E-state index in [1.807, 2.05) is 17.0 Å². The third kappa shape index (κ3) is 5.22. The summed E-state index contributed by atoms with van der Waals surface area (Å²) in [6.07, 6.45) is 4.29. The van der Waals surface area contributed by atoms with E-state index in [2.05, 4.69) is 33.6 Å². The maximum Gasteiger partial charge on any atom is 0.276 e. The smallest absolute Gasteiger partial charge is 0.276 e. The Bertz CT molecular complexity index is 1370. The molecule has 1 aliphatic heterocycles. The summed E-state index contributed by atoms with van der Waals surface area (Å²) in [7, 11) is 1.75. The molecule has 0 aliphatic carbocycles. The summed E-state index contributed by atoms with van der Waals surface area (Å²) in [6.45, 7) is 2.14. The number of para-hydroxylation sites is 1. The van der Waals surface area contributed by atoms with Gasteiger partial charge in [-0.3, -0.25) is 19.3 Å². The molecule has 35 heavy (non-hydrogen) atoms. The van der Waals surface area contributed by atoms with E-state index < -0.39 is 0 Å². The van der Waals surface area contributed by atoms with Gasteiger partial charge in [-0.05, 0) is 48.4 Å². The molecule has 0 saturated carbocycles. The van der Waals surface area contributed by atoms with Crippen LogP contribution in [0.25, 0.3) is 10.9 Å². The first kappa shape index (κ1) is 22.7. The van der Waals surface area contributed by atoms with Crippen molar-refractivity contribution in [1.82, 2.24) is 19.7 Å². The van der Waals surface area contributed by atoms with Crippen LogP contribution >= 0.6 is 0 Å². The van der Waals surface area contributed by atoms with E-state index in [1.54, 1.807) is 54.5 Å². The Morgan fingerprint density at radius 2 is 2.00 bits per heavy atom. The van der Waals surface area contributed by atoms with Crippen LogP contribution in [0.15, 0.2) is 73.1 Å². The molecular formula is C27H27N5O3. The minimum Gasteiger partial charge on any atom is -0.379 e. The molecule has 2 aromatic carbocycles. The average molecular weight is 470 g/mol. The fourth-order valence-electron chi connectivity index (χ4n) is 4.45.